The second-order valence-corrected chi connectivity index (χ2v) is 3.10. The number of aliphatic carboxylic acids is 1. The average molecular weight is 261 g/mol. The molecule has 0 aliphatic rings. The van der Waals surface area contributed by atoms with Gasteiger partial charge in [-0.05, 0) is 0 Å². The number of nitrogen functional groups attached to an aromatic ring is 1. The van der Waals surface area contributed by atoms with Gasteiger partial charge in [-0.25, -0.2) is 4.98 Å². The zero-order valence-electron chi connectivity index (χ0n) is 8.65. The first-order valence-corrected chi connectivity index (χ1v) is 4.39. The van der Waals surface area contributed by atoms with E-state index in [-0.39, 0.29) is 5.69 Å². The lowest BCUT2D eigenvalue weighted by molar-refractivity contribution is -0.276. The molecular formula is C9H6F3N3O3. The Morgan fingerprint density at radius 2 is 2.22 bits per heavy atom. The number of alkyl halides is 3. The zero-order chi connectivity index (χ0) is 13.9. The highest BCUT2D eigenvalue weighted by Crippen LogP contribution is 2.29. The molecule has 0 bridgehead atoms. The number of carboxylic acid groups (broad SMARTS) is 1. The molecule has 18 heavy (non-hydrogen) atoms. The van der Waals surface area contributed by atoms with Crippen LogP contribution in [0.5, 0.6) is 5.88 Å². The van der Waals surface area contributed by atoms with Crippen molar-refractivity contribution in [2.45, 2.75) is 12.8 Å². The minimum atomic E-state index is -5.04. The van der Waals surface area contributed by atoms with Crippen molar-refractivity contribution in [1.82, 2.24) is 4.98 Å². The number of nitrogens with zero attached hydrogens (tertiary/aromatic N) is 2. The maximum absolute atomic E-state index is 12.1. The summed E-state index contributed by atoms with van der Waals surface area (Å²) >= 11 is 0. The standard InChI is InChI=1S/C9H6F3N3O3/c10-9(11,12)18-8-4(1-7(16)17)5(2-13)6(14)3-15-8/h3H,1,14H2,(H,16,17). The minimum Gasteiger partial charge on any atom is -0.481 e. The number of nitrogens with two attached hydrogens (primary N) is 1. The van der Waals surface area contributed by atoms with Crippen molar-refractivity contribution in [3.8, 4) is 11.9 Å². The number of pyridine rings is 1. The van der Waals surface area contributed by atoms with Crippen molar-refractivity contribution in [3.63, 3.8) is 0 Å². The monoisotopic (exact) mass is 261 g/mol. The maximum Gasteiger partial charge on any atom is 0.574 e. The fourth-order valence-electron chi connectivity index (χ4n) is 1.20. The summed E-state index contributed by atoms with van der Waals surface area (Å²) < 4.78 is 39.8. The molecular weight excluding hydrogens is 255 g/mol. The van der Waals surface area contributed by atoms with Crippen LogP contribution in [0.3, 0.4) is 0 Å². The first kappa shape index (κ1) is 13.6. The van der Waals surface area contributed by atoms with E-state index in [1.807, 2.05) is 0 Å². The number of nitriles is 1. The molecule has 1 heterocycles. The third-order valence-corrected chi connectivity index (χ3v) is 1.82. The molecule has 1 rings (SSSR count). The van der Waals surface area contributed by atoms with Crippen molar-refractivity contribution in [1.29, 1.82) is 5.26 Å². The molecule has 0 aliphatic heterocycles. The predicted octanol–water partition coefficient (Wildman–Crippen LogP) is 1.06. The highest BCUT2D eigenvalue weighted by Gasteiger charge is 2.34. The van der Waals surface area contributed by atoms with Crippen LogP contribution in [0.25, 0.3) is 0 Å². The Morgan fingerprint density at radius 1 is 1.61 bits per heavy atom. The molecule has 0 saturated heterocycles. The number of rotatable bonds is 3. The first-order chi connectivity index (χ1) is 8.24. The van der Waals surface area contributed by atoms with Crippen LogP contribution in [0.2, 0.25) is 0 Å². The Kier molecular flexibility index (Phi) is 3.61. The molecule has 0 spiro atoms. The number of hydrogen-bond donors (Lipinski definition) is 2. The quantitative estimate of drug-likeness (QED) is 0.841. The van der Waals surface area contributed by atoms with Crippen molar-refractivity contribution in [2.24, 2.45) is 0 Å². The summed E-state index contributed by atoms with van der Waals surface area (Å²) in [7, 11) is 0. The van der Waals surface area contributed by atoms with Gasteiger partial charge in [-0.15, -0.1) is 13.2 Å². The molecule has 0 aromatic carbocycles. The van der Waals surface area contributed by atoms with Crippen LogP contribution in [0.15, 0.2) is 6.20 Å². The lowest BCUT2D eigenvalue weighted by atomic mass is 10.1. The van der Waals surface area contributed by atoms with Crippen LogP contribution in [0.1, 0.15) is 11.1 Å². The van der Waals surface area contributed by atoms with Crippen LogP contribution < -0.4 is 10.5 Å². The molecule has 0 fully saturated rings. The Bertz CT molecular complexity index is 522. The second-order valence-electron chi connectivity index (χ2n) is 3.10. The van der Waals surface area contributed by atoms with E-state index in [9.17, 15) is 18.0 Å². The van der Waals surface area contributed by atoms with E-state index in [1.54, 1.807) is 0 Å². The van der Waals surface area contributed by atoms with E-state index in [1.165, 1.54) is 6.07 Å². The first-order valence-electron chi connectivity index (χ1n) is 4.39. The Morgan fingerprint density at radius 3 is 2.67 bits per heavy atom. The third-order valence-electron chi connectivity index (χ3n) is 1.82. The summed E-state index contributed by atoms with van der Waals surface area (Å²) in [6.45, 7) is 0. The van der Waals surface area contributed by atoms with Crippen LogP contribution in [0.4, 0.5) is 18.9 Å². The van der Waals surface area contributed by atoms with Crippen molar-refractivity contribution >= 4 is 11.7 Å². The van der Waals surface area contributed by atoms with Crippen LogP contribution >= 0.6 is 0 Å². The molecule has 0 amide bonds. The van der Waals surface area contributed by atoms with Gasteiger partial charge in [0, 0.05) is 5.56 Å². The van der Waals surface area contributed by atoms with Crippen molar-refractivity contribution < 1.29 is 27.8 Å². The highest BCUT2D eigenvalue weighted by molar-refractivity contribution is 5.74. The fraction of sp³-hybridized carbons (Fsp3) is 0.222. The number of ether oxygens (including phenoxy) is 1. The Hall–Kier alpha value is -2.50. The van der Waals surface area contributed by atoms with Gasteiger partial charge in [0.15, 0.2) is 0 Å². The molecule has 0 unspecified atom stereocenters. The molecule has 1 aromatic heterocycles. The van der Waals surface area contributed by atoms with Crippen molar-refractivity contribution in [2.75, 3.05) is 5.73 Å². The Labute approximate surface area is 98.4 Å². The van der Waals surface area contributed by atoms with Crippen LogP contribution in [-0.2, 0) is 11.2 Å². The van der Waals surface area contributed by atoms with E-state index >= 15 is 0 Å². The van der Waals surface area contributed by atoms with Gasteiger partial charge in [0.1, 0.15) is 6.07 Å². The number of anilines is 1. The summed E-state index contributed by atoms with van der Waals surface area (Å²) in [6.07, 6.45) is -5.10. The minimum absolute atomic E-state index is 0.219. The van der Waals surface area contributed by atoms with Crippen molar-refractivity contribution in [3.05, 3.63) is 17.3 Å². The number of carbonyl (C=O) groups is 1. The summed E-state index contributed by atoms with van der Waals surface area (Å²) in [5.74, 6) is -2.43. The third kappa shape index (κ3) is 3.24. The summed E-state index contributed by atoms with van der Waals surface area (Å²) in [5.41, 5.74) is 4.20. The molecule has 96 valence electrons. The lowest BCUT2D eigenvalue weighted by Crippen LogP contribution is -2.20. The topological polar surface area (TPSA) is 109 Å². The van der Waals surface area contributed by atoms with E-state index in [2.05, 4.69) is 9.72 Å². The van der Waals surface area contributed by atoms with Gasteiger partial charge in [-0.3, -0.25) is 4.79 Å². The molecule has 0 aliphatic carbocycles. The van der Waals surface area contributed by atoms with E-state index in [4.69, 9.17) is 16.1 Å². The number of hydrogen-bond acceptors (Lipinski definition) is 5. The molecule has 9 heteroatoms. The molecule has 0 atom stereocenters. The van der Waals surface area contributed by atoms with Gasteiger partial charge < -0.3 is 15.6 Å². The van der Waals surface area contributed by atoms with Crippen LogP contribution in [0, 0.1) is 11.3 Å². The predicted molar refractivity (Wildman–Crippen MR) is 51.4 cm³/mol. The normalized spacial score (nSPS) is 10.8. The van der Waals surface area contributed by atoms with Gasteiger partial charge in [-0.1, -0.05) is 0 Å². The van der Waals surface area contributed by atoms with E-state index in [0.29, 0.717) is 0 Å². The molecule has 0 radical (unpaired) electrons. The van der Waals surface area contributed by atoms with Gasteiger partial charge in [0.2, 0.25) is 5.88 Å². The maximum atomic E-state index is 12.1. The summed E-state index contributed by atoms with van der Waals surface area (Å²) in [5, 5.41) is 17.3. The lowest BCUT2D eigenvalue weighted by Gasteiger charge is -2.13. The number of carboxylic acids is 1. The Balaban J connectivity index is 3.34. The van der Waals surface area contributed by atoms with Gasteiger partial charge >= 0.3 is 12.3 Å². The molecule has 1 aromatic rings. The molecule has 0 saturated carbocycles. The van der Waals surface area contributed by atoms with E-state index in [0.717, 1.165) is 6.20 Å². The largest absolute Gasteiger partial charge is 0.574 e. The highest BCUT2D eigenvalue weighted by atomic mass is 19.4. The SMILES string of the molecule is N#Cc1c(N)cnc(OC(F)(F)F)c1CC(=O)O. The second kappa shape index (κ2) is 4.79. The summed E-state index contributed by atoms with van der Waals surface area (Å²) in [6, 6.07) is 1.52. The molecule has 6 nitrogen and oxygen atoms in total. The smallest absolute Gasteiger partial charge is 0.481 e. The summed E-state index contributed by atoms with van der Waals surface area (Å²) in [4.78, 5) is 13.8. The van der Waals surface area contributed by atoms with Crippen LogP contribution in [-0.4, -0.2) is 22.4 Å². The number of halogens is 3. The van der Waals surface area contributed by atoms with E-state index < -0.39 is 35.8 Å². The van der Waals surface area contributed by atoms with Gasteiger partial charge in [0.25, 0.3) is 0 Å². The van der Waals surface area contributed by atoms with Gasteiger partial charge in [0.05, 0.1) is 23.9 Å². The number of aromatic nitrogens is 1. The molecule has 3 N–H and O–H groups in total. The average Bonchev–Trinajstić information content (AvgIpc) is 2.20. The van der Waals surface area contributed by atoms with Gasteiger partial charge in [-0.2, -0.15) is 5.26 Å². The zero-order valence-corrected chi connectivity index (χ0v) is 8.65. The fourth-order valence-corrected chi connectivity index (χ4v) is 1.20.